The van der Waals surface area contributed by atoms with Crippen molar-refractivity contribution in [1.82, 2.24) is 0 Å². The molecule has 1 fully saturated rings. The SMILES string of the molecule is O=C([O-])[C@H](C[C@H]1CCCO1)C(F)(F)F. The normalized spacial score (nSPS) is 24.9. The smallest absolute Gasteiger partial charge is 0.397 e. The first-order valence-electron chi connectivity index (χ1n) is 4.30. The molecule has 0 spiro atoms. The van der Waals surface area contributed by atoms with Crippen LogP contribution in [0.3, 0.4) is 0 Å². The van der Waals surface area contributed by atoms with E-state index in [0.717, 1.165) is 0 Å². The van der Waals surface area contributed by atoms with E-state index in [9.17, 15) is 23.1 Å². The minimum atomic E-state index is -4.75. The van der Waals surface area contributed by atoms with Crippen molar-refractivity contribution in [3.05, 3.63) is 0 Å². The van der Waals surface area contributed by atoms with Gasteiger partial charge in [0.15, 0.2) is 0 Å². The van der Waals surface area contributed by atoms with E-state index in [1.165, 1.54) is 0 Å². The van der Waals surface area contributed by atoms with E-state index in [1.54, 1.807) is 0 Å². The fourth-order valence-corrected chi connectivity index (χ4v) is 1.46. The molecule has 14 heavy (non-hydrogen) atoms. The van der Waals surface area contributed by atoms with Crippen LogP contribution >= 0.6 is 0 Å². The second kappa shape index (κ2) is 4.16. The van der Waals surface area contributed by atoms with Crippen LogP contribution in [0.5, 0.6) is 0 Å². The lowest BCUT2D eigenvalue weighted by atomic mass is 9.99. The molecule has 1 aliphatic heterocycles. The predicted molar refractivity (Wildman–Crippen MR) is 38.1 cm³/mol. The molecule has 1 heterocycles. The largest absolute Gasteiger partial charge is 0.550 e. The Morgan fingerprint density at radius 1 is 1.57 bits per heavy atom. The van der Waals surface area contributed by atoms with Crippen LogP contribution in [-0.4, -0.2) is 24.9 Å². The quantitative estimate of drug-likeness (QED) is 0.682. The van der Waals surface area contributed by atoms with E-state index in [0.29, 0.717) is 19.4 Å². The third-order valence-corrected chi connectivity index (χ3v) is 2.20. The van der Waals surface area contributed by atoms with Gasteiger partial charge in [-0.25, -0.2) is 0 Å². The molecular formula is C8H10F3O3-. The molecule has 0 unspecified atom stereocenters. The Bertz CT molecular complexity index is 208. The molecule has 82 valence electrons. The molecule has 0 saturated carbocycles. The second-order valence-corrected chi connectivity index (χ2v) is 3.28. The molecule has 0 aromatic carbocycles. The lowest BCUT2D eigenvalue weighted by Gasteiger charge is -2.23. The highest BCUT2D eigenvalue weighted by Gasteiger charge is 2.42. The van der Waals surface area contributed by atoms with Crippen molar-refractivity contribution in [3.63, 3.8) is 0 Å². The van der Waals surface area contributed by atoms with Crippen molar-refractivity contribution in [2.45, 2.75) is 31.5 Å². The van der Waals surface area contributed by atoms with Gasteiger partial charge in [0.1, 0.15) is 0 Å². The Kier molecular flexibility index (Phi) is 3.36. The van der Waals surface area contributed by atoms with Crippen molar-refractivity contribution in [1.29, 1.82) is 0 Å². The van der Waals surface area contributed by atoms with E-state index < -0.39 is 30.6 Å². The summed E-state index contributed by atoms with van der Waals surface area (Å²) in [6.45, 7) is 0.405. The molecular weight excluding hydrogens is 201 g/mol. The topological polar surface area (TPSA) is 49.4 Å². The minimum absolute atomic E-state index is 0.405. The Morgan fingerprint density at radius 2 is 2.21 bits per heavy atom. The van der Waals surface area contributed by atoms with E-state index in [4.69, 9.17) is 4.74 Å². The molecule has 0 aromatic heterocycles. The zero-order valence-corrected chi connectivity index (χ0v) is 7.34. The lowest BCUT2D eigenvalue weighted by molar-refractivity contribution is -0.327. The number of carbonyl (C=O) groups excluding carboxylic acids is 1. The summed E-state index contributed by atoms with van der Waals surface area (Å²) in [5.74, 6) is -4.49. The van der Waals surface area contributed by atoms with Gasteiger partial charge in [-0.2, -0.15) is 13.2 Å². The molecule has 1 aliphatic rings. The number of halogens is 3. The Hall–Kier alpha value is -0.780. The molecule has 3 nitrogen and oxygen atoms in total. The van der Waals surface area contributed by atoms with Gasteiger partial charge in [-0.15, -0.1) is 0 Å². The molecule has 1 saturated heterocycles. The van der Waals surface area contributed by atoms with E-state index >= 15 is 0 Å². The summed E-state index contributed by atoms with van der Waals surface area (Å²) in [6, 6.07) is 0. The molecule has 6 heteroatoms. The summed E-state index contributed by atoms with van der Waals surface area (Å²) >= 11 is 0. The molecule has 1 rings (SSSR count). The van der Waals surface area contributed by atoms with Gasteiger partial charge in [-0.1, -0.05) is 0 Å². The van der Waals surface area contributed by atoms with Crippen LogP contribution in [0.4, 0.5) is 13.2 Å². The maximum absolute atomic E-state index is 12.1. The van der Waals surface area contributed by atoms with Gasteiger partial charge >= 0.3 is 6.18 Å². The van der Waals surface area contributed by atoms with Crippen LogP contribution in [0.15, 0.2) is 0 Å². The van der Waals surface area contributed by atoms with Crippen molar-refractivity contribution < 1.29 is 27.8 Å². The van der Waals surface area contributed by atoms with Crippen molar-refractivity contribution in [2.75, 3.05) is 6.61 Å². The van der Waals surface area contributed by atoms with Crippen LogP contribution in [-0.2, 0) is 9.53 Å². The zero-order chi connectivity index (χ0) is 10.8. The number of carbonyl (C=O) groups is 1. The fraction of sp³-hybridized carbons (Fsp3) is 0.875. The molecule has 0 amide bonds. The van der Waals surface area contributed by atoms with Gasteiger partial charge in [0.2, 0.25) is 0 Å². The minimum Gasteiger partial charge on any atom is -0.550 e. The highest BCUT2D eigenvalue weighted by molar-refractivity contribution is 5.68. The number of rotatable bonds is 3. The molecule has 0 aromatic rings. The van der Waals surface area contributed by atoms with Crippen LogP contribution in [0.1, 0.15) is 19.3 Å². The molecule has 0 bridgehead atoms. The highest BCUT2D eigenvalue weighted by atomic mass is 19.4. The number of hydrogen-bond donors (Lipinski definition) is 0. The standard InChI is InChI=1S/C8H11F3O3/c9-8(10,11)6(7(12)13)4-5-2-1-3-14-5/h5-6H,1-4H2,(H,12,13)/p-1/t5-,6+/m1/s1. The van der Waals surface area contributed by atoms with E-state index in [2.05, 4.69) is 0 Å². The number of hydrogen-bond acceptors (Lipinski definition) is 3. The van der Waals surface area contributed by atoms with Gasteiger partial charge in [-0.05, 0) is 19.3 Å². The van der Waals surface area contributed by atoms with Crippen molar-refractivity contribution in [3.8, 4) is 0 Å². The van der Waals surface area contributed by atoms with Crippen LogP contribution in [0, 0.1) is 5.92 Å². The molecule has 2 atom stereocenters. The maximum atomic E-state index is 12.1. The Labute approximate surface area is 78.9 Å². The average molecular weight is 211 g/mol. The Balaban J connectivity index is 2.55. The third kappa shape index (κ3) is 2.87. The summed E-state index contributed by atoms with van der Waals surface area (Å²) in [4.78, 5) is 10.2. The van der Waals surface area contributed by atoms with Crippen LogP contribution in [0.25, 0.3) is 0 Å². The van der Waals surface area contributed by atoms with Crippen molar-refractivity contribution >= 4 is 5.97 Å². The molecule has 0 radical (unpaired) electrons. The predicted octanol–water partition coefficient (Wildman–Crippen LogP) is 0.484. The number of ether oxygens (including phenoxy) is 1. The second-order valence-electron chi connectivity index (χ2n) is 3.28. The summed E-state index contributed by atoms with van der Waals surface area (Å²) in [6.07, 6.45) is -4.71. The van der Waals surface area contributed by atoms with Gasteiger partial charge in [-0.3, -0.25) is 0 Å². The Morgan fingerprint density at radius 3 is 2.57 bits per heavy atom. The number of aliphatic carboxylic acids is 1. The fourth-order valence-electron chi connectivity index (χ4n) is 1.46. The van der Waals surface area contributed by atoms with Gasteiger partial charge in [0.25, 0.3) is 0 Å². The summed E-state index contributed by atoms with van der Waals surface area (Å²) in [5, 5.41) is 10.2. The first-order valence-corrected chi connectivity index (χ1v) is 4.30. The van der Waals surface area contributed by atoms with Crippen LogP contribution < -0.4 is 5.11 Å². The summed E-state index contributed by atoms with van der Waals surface area (Å²) in [7, 11) is 0. The molecule has 0 aliphatic carbocycles. The zero-order valence-electron chi connectivity index (χ0n) is 7.34. The molecule has 0 N–H and O–H groups in total. The van der Waals surface area contributed by atoms with E-state index in [-0.39, 0.29) is 0 Å². The first kappa shape index (κ1) is 11.3. The summed E-state index contributed by atoms with van der Waals surface area (Å²) in [5.41, 5.74) is 0. The van der Waals surface area contributed by atoms with Crippen molar-refractivity contribution in [2.24, 2.45) is 5.92 Å². The van der Waals surface area contributed by atoms with E-state index in [1.807, 2.05) is 0 Å². The number of carboxylic acid groups (broad SMARTS) is 1. The third-order valence-electron chi connectivity index (χ3n) is 2.20. The number of alkyl halides is 3. The summed E-state index contributed by atoms with van der Waals surface area (Å²) < 4.78 is 41.4. The number of carboxylic acids is 1. The monoisotopic (exact) mass is 211 g/mol. The average Bonchev–Trinajstić information content (AvgIpc) is 2.48. The van der Waals surface area contributed by atoms with Gasteiger partial charge in [0, 0.05) is 6.61 Å². The lowest BCUT2D eigenvalue weighted by Crippen LogP contribution is -2.42. The van der Waals surface area contributed by atoms with Crippen LogP contribution in [0.2, 0.25) is 0 Å². The maximum Gasteiger partial charge on any atom is 0.397 e. The first-order chi connectivity index (χ1) is 6.41. The van der Waals surface area contributed by atoms with Gasteiger partial charge in [0.05, 0.1) is 18.0 Å². The highest BCUT2D eigenvalue weighted by Crippen LogP contribution is 2.32. The van der Waals surface area contributed by atoms with Gasteiger partial charge < -0.3 is 14.6 Å².